The maximum atomic E-state index is 2.62. The molecule has 0 amide bonds. The van der Waals surface area contributed by atoms with Crippen molar-refractivity contribution in [3.8, 4) is 0 Å². The van der Waals surface area contributed by atoms with Gasteiger partial charge in [-0.25, -0.2) is 0 Å². The molecule has 0 bridgehead atoms. The van der Waals surface area contributed by atoms with Crippen molar-refractivity contribution in [1.82, 2.24) is 0 Å². The van der Waals surface area contributed by atoms with E-state index in [0.717, 1.165) is 23.7 Å². The molecule has 0 aromatic carbocycles. The molecule has 3 unspecified atom stereocenters. The smallest absolute Gasteiger partial charge is 0 e. The molecule has 0 radical (unpaired) electrons. The van der Waals surface area contributed by atoms with Gasteiger partial charge < -0.3 is 0 Å². The maximum Gasteiger partial charge on any atom is 0 e. The highest BCUT2D eigenvalue weighted by molar-refractivity contribution is 5.21. The quantitative estimate of drug-likeness (QED) is 0.451. The van der Waals surface area contributed by atoms with Crippen LogP contribution < -0.4 is 0 Å². The van der Waals surface area contributed by atoms with Crippen molar-refractivity contribution in [3.63, 3.8) is 0 Å². The predicted molar refractivity (Wildman–Crippen MR) is 115 cm³/mol. The molecular weight excluding hydrogens is 288 g/mol. The molecule has 5 atom stereocenters. The zero-order valence-corrected chi connectivity index (χ0v) is 17.8. The minimum atomic E-state index is 0. The van der Waals surface area contributed by atoms with Crippen molar-refractivity contribution in [2.24, 2.45) is 34.5 Å². The van der Waals surface area contributed by atoms with Crippen molar-refractivity contribution in [2.75, 3.05) is 0 Å². The van der Waals surface area contributed by atoms with E-state index in [9.17, 15) is 0 Å². The topological polar surface area (TPSA) is 0 Å². The Morgan fingerprint density at radius 1 is 1.00 bits per heavy atom. The summed E-state index contributed by atoms with van der Waals surface area (Å²) in [7, 11) is 0. The summed E-state index contributed by atoms with van der Waals surface area (Å²) >= 11 is 0. The molecule has 0 aromatic rings. The number of hydrogen-bond acceptors (Lipinski definition) is 0. The maximum absolute atomic E-state index is 2.62. The van der Waals surface area contributed by atoms with Gasteiger partial charge in [-0.05, 0) is 73.0 Å². The molecule has 146 valence electrons. The molecular formula is C24H50. The Kier molecular flexibility index (Phi) is 6.65. The first-order valence-corrected chi connectivity index (χ1v) is 11.0. The Morgan fingerprint density at radius 2 is 1.67 bits per heavy atom. The summed E-state index contributed by atoms with van der Waals surface area (Å²) in [6.07, 6.45) is 15.3. The van der Waals surface area contributed by atoms with Gasteiger partial charge in [0, 0.05) is 4.28 Å². The monoisotopic (exact) mass is 338 g/mol. The highest BCUT2D eigenvalue weighted by Gasteiger charge is 2.55. The van der Waals surface area contributed by atoms with E-state index in [1.54, 1.807) is 5.57 Å². The second-order valence-electron chi connectivity index (χ2n) is 9.79. The number of fused-ring (bicyclic) bond motifs is 3. The molecule has 0 aliphatic heterocycles. The summed E-state index contributed by atoms with van der Waals surface area (Å²) in [4.78, 5) is 0. The van der Waals surface area contributed by atoms with E-state index >= 15 is 0 Å². The average Bonchev–Trinajstić information content (AvgIpc) is 2.84. The van der Waals surface area contributed by atoms with Crippen molar-refractivity contribution in [3.05, 3.63) is 11.6 Å². The van der Waals surface area contributed by atoms with Crippen LogP contribution in [0.4, 0.5) is 0 Å². The first-order valence-electron chi connectivity index (χ1n) is 11.0. The largest absolute Gasteiger partial charge is 0.0845 e. The Balaban J connectivity index is 0. The highest BCUT2D eigenvalue weighted by atomic mass is 14.6. The lowest BCUT2D eigenvalue weighted by Gasteiger charge is -2.55. The summed E-state index contributed by atoms with van der Waals surface area (Å²) in [5.41, 5.74) is 2.86. The lowest BCUT2D eigenvalue weighted by Crippen LogP contribution is -2.47. The average molecular weight is 339 g/mol. The van der Waals surface area contributed by atoms with Crippen molar-refractivity contribution in [2.45, 2.75) is 106 Å². The molecule has 3 aliphatic carbocycles. The van der Waals surface area contributed by atoms with Gasteiger partial charge in [-0.15, -0.1) is 0 Å². The van der Waals surface area contributed by atoms with Crippen LogP contribution in [0, 0.1) is 34.5 Å². The van der Waals surface area contributed by atoms with Crippen LogP contribution in [0.15, 0.2) is 11.6 Å². The van der Waals surface area contributed by atoms with Crippen molar-refractivity contribution in [1.29, 1.82) is 0 Å². The number of unbranched alkanes of at least 4 members (excludes halogenated alkanes) is 2. The summed E-state index contributed by atoms with van der Waals surface area (Å²) in [6, 6.07) is 0. The SMILES string of the molecule is CCC1=CC[C@@H]2C(CC[C@]3(C)C(C)CCC23)C1(C)C.CCCCC.[HH].[HH].[HH]. The van der Waals surface area contributed by atoms with E-state index in [1.807, 2.05) is 0 Å². The minimum Gasteiger partial charge on any atom is -0.0845 e. The molecule has 0 aromatic heterocycles. The van der Waals surface area contributed by atoms with Gasteiger partial charge in [-0.3, -0.25) is 0 Å². The molecule has 0 saturated heterocycles. The third-order valence-electron chi connectivity index (χ3n) is 8.39. The summed E-state index contributed by atoms with van der Waals surface area (Å²) < 4.78 is 0. The van der Waals surface area contributed by atoms with Gasteiger partial charge in [0.2, 0.25) is 0 Å². The summed E-state index contributed by atoms with van der Waals surface area (Å²) in [6.45, 7) is 16.9. The summed E-state index contributed by atoms with van der Waals surface area (Å²) in [5, 5.41) is 0. The van der Waals surface area contributed by atoms with Gasteiger partial charge in [0.15, 0.2) is 0 Å². The van der Waals surface area contributed by atoms with Crippen LogP contribution in [0.2, 0.25) is 0 Å². The number of allylic oxidation sites excluding steroid dienone is 2. The fourth-order valence-corrected chi connectivity index (χ4v) is 6.51. The van der Waals surface area contributed by atoms with E-state index in [-0.39, 0.29) is 4.28 Å². The molecule has 0 N–H and O–H groups in total. The van der Waals surface area contributed by atoms with Crippen LogP contribution in [0.25, 0.3) is 0 Å². The minimum absolute atomic E-state index is 0. The Bertz CT molecular complexity index is 441. The lowest BCUT2D eigenvalue weighted by molar-refractivity contribution is -0.0262. The normalized spacial score (nSPS) is 40.0. The van der Waals surface area contributed by atoms with E-state index in [2.05, 4.69) is 54.5 Å². The Labute approximate surface area is 157 Å². The van der Waals surface area contributed by atoms with E-state index in [0.29, 0.717) is 10.8 Å². The fourth-order valence-electron chi connectivity index (χ4n) is 6.51. The molecule has 0 nitrogen and oxygen atoms in total. The third kappa shape index (κ3) is 3.49. The van der Waals surface area contributed by atoms with Crippen LogP contribution in [-0.4, -0.2) is 0 Å². The fraction of sp³-hybridized carbons (Fsp3) is 0.917. The lowest BCUT2D eigenvalue weighted by atomic mass is 9.50. The van der Waals surface area contributed by atoms with Crippen LogP contribution in [0.1, 0.15) is 111 Å². The second-order valence-corrected chi connectivity index (χ2v) is 9.79. The van der Waals surface area contributed by atoms with E-state index in [1.165, 1.54) is 57.8 Å². The molecule has 24 heavy (non-hydrogen) atoms. The van der Waals surface area contributed by atoms with Gasteiger partial charge in [0.1, 0.15) is 0 Å². The van der Waals surface area contributed by atoms with Gasteiger partial charge >= 0.3 is 0 Å². The molecule has 2 saturated carbocycles. The van der Waals surface area contributed by atoms with Crippen LogP contribution in [0.5, 0.6) is 0 Å². The highest BCUT2D eigenvalue weighted by Crippen LogP contribution is 2.64. The van der Waals surface area contributed by atoms with Gasteiger partial charge in [-0.1, -0.05) is 79.4 Å². The van der Waals surface area contributed by atoms with E-state index < -0.39 is 0 Å². The Hall–Kier alpha value is -0.260. The van der Waals surface area contributed by atoms with E-state index in [4.69, 9.17) is 0 Å². The third-order valence-corrected chi connectivity index (χ3v) is 8.39. The van der Waals surface area contributed by atoms with Crippen LogP contribution >= 0.6 is 0 Å². The van der Waals surface area contributed by atoms with Gasteiger partial charge in [0.25, 0.3) is 0 Å². The first-order chi connectivity index (χ1) is 11.3. The second kappa shape index (κ2) is 7.96. The molecule has 2 fully saturated rings. The molecule has 0 heteroatoms. The summed E-state index contributed by atoms with van der Waals surface area (Å²) in [5.74, 6) is 3.90. The number of rotatable bonds is 3. The molecule has 0 spiro atoms. The zero-order chi connectivity index (χ0) is 18.0. The Morgan fingerprint density at radius 3 is 2.21 bits per heavy atom. The zero-order valence-electron chi connectivity index (χ0n) is 17.8. The molecule has 3 rings (SSSR count). The van der Waals surface area contributed by atoms with Gasteiger partial charge in [0.05, 0.1) is 0 Å². The molecule has 3 aliphatic rings. The first kappa shape index (κ1) is 20.1. The van der Waals surface area contributed by atoms with Crippen LogP contribution in [0.3, 0.4) is 0 Å². The van der Waals surface area contributed by atoms with Crippen molar-refractivity contribution >= 4 is 0 Å². The van der Waals surface area contributed by atoms with Crippen LogP contribution in [-0.2, 0) is 0 Å². The number of hydrogen-bond donors (Lipinski definition) is 0. The van der Waals surface area contributed by atoms with Gasteiger partial charge in [-0.2, -0.15) is 0 Å². The molecule has 0 heterocycles. The van der Waals surface area contributed by atoms with Crippen molar-refractivity contribution < 1.29 is 4.28 Å². The predicted octanol–water partition coefficient (Wildman–Crippen LogP) is 8.77. The standard InChI is InChI=1S/C19H32.C5H12.3H2/c1-6-14-8-9-15-16(18(14,3)4)11-12-19(5)13(2)7-10-17(15)19;1-3-5-4-2;;;/h8,13,15-17H,6-7,9-12H2,1-5H3;3-5H2,1-2H3;3*1H/t13?,15-,16?,17?,19-;;;;/m1..../s1.